The van der Waals surface area contributed by atoms with Crippen molar-refractivity contribution in [3.8, 4) is 0 Å². The number of carbonyl (C=O) groups is 1. The van der Waals surface area contributed by atoms with E-state index in [1.54, 1.807) is 0 Å². The summed E-state index contributed by atoms with van der Waals surface area (Å²) >= 11 is 0. The lowest BCUT2D eigenvalue weighted by Gasteiger charge is -2.18. The molecule has 3 unspecified atom stereocenters. The molecule has 2 aromatic rings. The molecule has 0 heterocycles. The monoisotopic (exact) mass is 408 g/mol. The molecule has 6 heteroatoms. The molecule has 150 valence electrons. The molecule has 0 radical (unpaired) electrons. The Morgan fingerprint density at radius 1 is 0.931 bits per heavy atom. The Hall–Kier alpha value is -2.86. The van der Waals surface area contributed by atoms with Gasteiger partial charge in [0.1, 0.15) is 0 Å². The Labute approximate surface area is 171 Å². The van der Waals surface area contributed by atoms with Gasteiger partial charge >= 0.3 is 6.03 Å². The van der Waals surface area contributed by atoms with Crippen molar-refractivity contribution in [2.45, 2.75) is 12.8 Å². The highest BCUT2D eigenvalue weighted by Crippen LogP contribution is 2.42. The minimum absolute atomic E-state index is 0.387. The Morgan fingerprint density at radius 2 is 1.55 bits per heavy atom. The average Bonchev–Trinajstić information content (AvgIpc) is 3.35. The molecule has 0 aliphatic heterocycles. The van der Waals surface area contributed by atoms with Gasteiger partial charge in [0.05, 0.1) is 5.41 Å². The number of allylic oxidation sites excluding steroid dienone is 2. The minimum atomic E-state index is -3.97. The fraction of sp³-hybridized carbons (Fsp3) is 0.261. The van der Waals surface area contributed by atoms with Crippen molar-refractivity contribution in [2.24, 2.45) is 17.8 Å². The number of benzene rings is 2. The lowest BCUT2D eigenvalue weighted by atomic mass is 9.94. The third-order valence-corrected chi connectivity index (χ3v) is 6.63. The zero-order valence-electron chi connectivity index (χ0n) is 16.0. The van der Waals surface area contributed by atoms with E-state index in [1.807, 2.05) is 60.7 Å². The highest BCUT2D eigenvalue weighted by Gasteiger charge is 2.35. The van der Waals surface area contributed by atoms with Crippen molar-refractivity contribution < 1.29 is 13.2 Å². The van der Waals surface area contributed by atoms with E-state index in [9.17, 15) is 13.2 Å². The summed E-state index contributed by atoms with van der Waals surface area (Å²) in [5.74, 6) is 1.50. The first-order valence-corrected chi connectivity index (χ1v) is 11.4. The van der Waals surface area contributed by atoms with Crippen molar-refractivity contribution in [3.63, 3.8) is 0 Å². The summed E-state index contributed by atoms with van der Waals surface area (Å²) in [5, 5.41) is 3.85. The van der Waals surface area contributed by atoms with Crippen LogP contribution in [0.2, 0.25) is 0 Å². The van der Waals surface area contributed by atoms with Gasteiger partial charge < -0.3 is 5.32 Å². The van der Waals surface area contributed by atoms with E-state index in [1.165, 1.54) is 0 Å². The molecule has 2 N–H and O–H groups in total. The SMILES string of the molecule is O=C(NCC1CC2C=CC1C2)NS(=O)(=O)C=C(c1ccccc1)c1ccccc1. The first-order chi connectivity index (χ1) is 14.0. The molecule has 1 saturated carbocycles. The molecule has 1 fully saturated rings. The first kappa shape index (κ1) is 19.5. The largest absolute Gasteiger partial charge is 0.337 e. The summed E-state index contributed by atoms with van der Waals surface area (Å²) in [6.45, 7) is 0.487. The van der Waals surface area contributed by atoms with E-state index in [0.717, 1.165) is 29.4 Å². The lowest BCUT2D eigenvalue weighted by molar-refractivity contribution is 0.243. The number of fused-ring (bicyclic) bond motifs is 2. The fourth-order valence-corrected chi connectivity index (χ4v) is 5.21. The Bertz CT molecular complexity index is 989. The number of urea groups is 1. The second-order valence-electron chi connectivity index (χ2n) is 7.66. The molecular weight excluding hydrogens is 384 g/mol. The second-order valence-corrected chi connectivity index (χ2v) is 9.19. The van der Waals surface area contributed by atoms with Crippen LogP contribution in [-0.4, -0.2) is 21.0 Å². The van der Waals surface area contributed by atoms with Crippen LogP contribution in [0.4, 0.5) is 4.79 Å². The zero-order chi connectivity index (χ0) is 20.3. The number of sulfonamides is 1. The first-order valence-electron chi connectivity index (χ1n) is 9.82. The van der Waals surface area contributed by atoms with Crippen LogP contribution in [0.15, 0.2) is 78.2 Å². The van der Waals surface area contributed by atoms with Gasteiger partial charge in [0.2, 0.25) is 0 Å². The van der Waals surface area contributed by atoms with Crippen LogP contribution >= 0.6 is 0 Å². The highest BCUT2D eigenvalue weighted by atomic mass is 32.2. The van der Waals surface area contributed by atoms with Crippen LogP contribution in [0, 0.1) is 17.8 Å². The van der Waals surface area contributed by atoms with E-state index < -0.39 is 16.1 Å². The smallest absolute Gasteiger partial charge is 0.328 e. The predicted molar refractivity (Wildman–Crippen MR) is 114 cm³/mol. The topological polar surface area (TPSA) is 75.3 Å². The maximum Gasteiger partial charge on any atom is 0.328 e. The third-order valence-electron chi connectivity index (χ3n) is 5.62. The van der Waals surface area contributed by atoms with E-state index in [0.29, 0.717) is 29.9 Å². The van der Waals surface area contributed by atoms with Crippen molar-refractivity contribution in [3.05, 3.63) is 89.4 Å². The summed E-state index contributed by atoms with van der Waals surface area (Å²) in [5.41, 5.74) is 2.06. The standard InChI is InChI=1S/C23H24N2O3S/c26-23(24-15-21-14-17-11-12-20(21)13-17)25-29(27,28)16-22(18-7-3-1-4-8-18)19-9-5-2-6-10-19/h1-12,16-17,20-21H,13-15H2,(H2,24,25,26). The molecule has 0 spiro atoms. The molecule has 2 amide bonds. The van der Waals surface area contributed by atoms with Crippen LogP contribution in [0.3, 0.4) is 0 Å². The number of nitrogens with one attached hydrogen (secondary N) is 2. The van der Waals surface area contributed by atoms with Crippen molar-refractivity contribution in [2.75, 3.05) is 6.54 Å². The maximum atomic E-state index is 12.7. The average molecular weight is 409 g/mol. The minimum Gasteiger partial charge on any atom is -0.337 e. The Balaban J connectivity index is 1.47. The second kappa shape index (κ2) is 8.25. The predicted octanol–water partition coefficient (Wildman–Crippen LogP) is 3.92. The van der Waals surface area contributed by atoms with E-state index in [2.05, 4.69) is 22.2 Å². The van der Waals surface area contributed by atoms with E-state index in [-0.39, 0.29) is 0 Å². The third kappa shape index (κ3) is 4.77. The summed E-state index contributed by atoms with van der Waals surface area (Å²) in [7, 11) is -3.97. The fourth-order valence-electron chi connectivity index (χ4n) is 4.24. The molecule has 4 rings (SSSR count). The van der Waals surface area contributed by atoms with Crippen LogP contribution in [0.5, 0.6) is 0 Å². The Morgan fingerprint density at radius 3 is 2.07 bits per heavy atom. The summed E-state index contributed by atoms with van der Waals surface area (Å²) in [6.07, 6.45) is 6.65. The molecule has 2 aliphatic rings. The van der Waals surface area contributed by atoms with Gasteiger partial charge in [-0.3, -0.25) is 0 Å². The molecule has 2 bridgehead atoms. The molecule has 2 aliphatic carbocycles. The van der Waals surface area contributed by atoms with Crippen LogP contribution < -0.4 is 10.0 Å². The van der Waals surface area contributed by atoms with Crippen LogP contribution in [-0.2, 0) is 10.0 Å². The molecule has 3 atom stereocenters. The molecular formula is C23H24N2O3S. The quantitative estimate of drug-likeness (QED) is 0.712. The highest BCUT2D eigenvalue weighted by molar-refractivity contribution is 7.93. The number of amides is 2. The maximum absolute atomic E-state index is 12.7. The summed E-state index contributed by atoms with van der Waals surface area (Å²) in [4.78, 5) is 12.2. The number of hydrogen-bond acceptors (Lipinski definition) is 3. The van der Waals surface area contributed by atoms with Gasteiger partial charge in [-0.15, -0.1) is 0 Å². The number of carbonyl (C=O) groups excluding carboxylic acids is 1. The zero-order valence-corrected chi connectivity index (χ0v) is 16.8. The van der Waals surface area contributed by atoms with Gasteiger partial charge in [0, 0.05) is 12.1 Å². The van der Waals surface area contributed by atoms with E-state index >= 15 is 0 Å². The molecule has 0 aromatic heterocycles. The number of hydrogen-bond donors (Lipinski definition) is 2. The van der Waals surface area contributed by atoms with Gasteiger partial charge in [0.15, 0.2) is 0 Å². The normalized spacial score (nSPS) is 22.3. The summed E-state index contributed by atoms with van der Waals surface area (Å²) in [6, 6.07) is 17.8. The van der Waals surface area contributed by atoms with E-state index in [4.69, 9.17) is 0 Å². The number of rotatable bonds is 6. The van der Waals surface area contributed by atoms with Gasteiger partial charge in [-0.25, -0.2) is 17.9 Å². The van der Waals surface area contributed by atoms with Gasteiger partial charge in [-0.05, 0) is 41.7 Å². The van der Waals surface area contributed by atoms with Crippen molar-refractivity contribution >= 4 is 21.6 Å². The van der Waals surface area contributed by atoms with Crippen molar-refractivity contribution in [1.29, 1.82) is 0 Å². The van der Waals surface area contributed by atoms with Gasteiger partial charge in [0.25, 0.3) is 10.0 Å². The Kier molecular flexibility index (Phi) is 5.53. The van der Waals surface area contributed by atoms with Crippen LogP contribution in [0.25, 0.3) is 5.57 Å². The van der Waals surface area contributed by atoms with Crippen LogP contribution in [0.1, 0.15) is 24.0 Å². The molecule has 2 aromatic carbocycles. The molecule has 5 nitrogen and oxygen atoms in total. The molecule has 29 heavy (non-hydrogen) atoms. The van der Waals surface area contributed by atoms with Crippen molar-refractivity contribution in [1.82, 2.24) is 10.0 Å². The van der Waals surface area contributed by atoms with Gasteiger partial charge in [-0.1, -0.05) is 72.8 Å². The summed E-state index contributed by atoms with van der Waals surface area (Å²) < 4.78 is 27.4. The lowest BCUT2D eigenvalue weighted by Crippen LogP contribution is -2.41. The van der Waals surface area contributed by atoms with Gasteiger partial charge in [-0.2, -0.15) is 0 Å². The molecule has 0 saturated heterocycles.